The Morgan fingerprint density at radius 3 is 2.40 bits per heavy atom. The first-order chi connectivity index (χ1) is 20.6. The summed E-state index contributed by atoms with van der Waals surface area (Å²) in [6.45, 7) is 6.60. The van der Waals surface area contributed by atoms with Crippen LogP contribution in [-0.4, -0.2) is 48.7 Å². The van der Waals surface area contributed by atoms with Crippen molar-refractivity contribution in [2.24, 2.45) is 5.92 Å². The fraction of sp³-hybridized carbons (Fsp3) is 0.333. The van der Waals surface area contributed by atoms with Gasteiger partial charge in [-0.05, 0) is 53.3 Å². The number of carbonyl (C=O) groups is 2. The number of nitrogens with one attached hydrogen (secondary N) is 2. The number of benzene rings is 3. The summed E-state index contributed by atoms with van der Waals surface area (Å²) in [5.41, 5.74) is 3.08. The van der Waals surface area contributed by atoms with Gasteiger partial charge in [0.2, 0.25) is 5.91 Å². The van der Waals surface area contributed by atoms with Crippen LogP contribution in [0.4, 0.5) is 10.8 Å². The summed E-state index contributed by atoms with van der Waals surface area (Å²) in [5, 5.41) is 6.10. The van der Waals surface area contributed by atoms with Crippen LogP contribution in [0.3, 0.4) is 0 Å². The van der Waals surface area contributed by atoms with Crippen molar-refractivity contribution in [1.29, 1.82) is 0 Å². The summed E-state index contributed by atoms with van der Waals surface area (Å²) in [6.07, 6.45) is -0.204. The number of alkyl carbamates (subject to hydrolysis) is 1. The number of amides is 2. The zero-order valence-electron chi connectivity index (χ0n) is 25.2. The predicted octanol–water partition coefficient (Wildman–Crippen LogP) is 5.07. The Kier molecular flexibility index (Phi) is 10.4. The molecule has 1 atom stereocenters. The summed E-state index contributed by atoms with van der Waals surface area (Å²) in [6, 6.07) is 19.8. The van der Waals surface area contributed by atoms with E-state index in [4.69, 9.17) is 13.9 Å². The van der Waals surface area contributed by atoms with E-state index in [2.05, 4.69) is 15.6 Å². The summed E-state index contributed by atoms with van der Waals surface area (Å²) in [5.74, 6) is 0.744. The lowest BCUT2D eigenvalue weighted by Gasteiger charge is -2.25. The number of rotatable bonds is 12. The Morgan fingerprint density at radius 1 is 1.00 bits per heavy atom. The highest BCUT2D eigenvalue weighted by molar-refractivity contribution is 5.85. The Labute approximate surface area is 251 Å². The zero-order valence-corrected chi connectivity index (χ0v) is 25.2. The van der Waals surface area contributed by atoms with Crippen LogP contribution in [-0.2, 0) is 29.0 Å². The number of ether oxygens (including phenoxy) is 2. The van der Waals surface area contributed by atoms with Crippen LogP contribution in [0, 0.1) is 12.8 Å². The number of fused-ring (bicyclic) bond motifs is 1. The topological polar surface area (TPSA) is 123 Å². The quantitative estimate of drug-likeness (QED) is 0.236. The van der Waals surface area contributed by atoms with Crippen molar-refractivity contribution in [2.75, 3.05) is 26.1 Å². The first-order valence-corrected chi connectivity index (χ1v) is 14.2. The van der Waals surface area contributed by atoms with Gasteiger partial charge in [0.1, 0.15) is 11.8 Å². The number of methoxy groups -OCH3 is 1. The molecular formula is C33H38N4O6. The van der Waals surface area contributed by atoms with Gasteiger partial charge in [0.15, 0.2) is 0 Å². The van der Waals surface area contributed by atoms with Gasteiger partial charge in [-0.2, -0.15) is 4.98 Å². The molecule has 0 aliphatic heterocycles. The van der Waals surface area contributed by atoms with Crippen LogP contribution >= 0.6 is 0 Å². The molecule has 2 amide bonds. The number of aryl methyl sites for hydroxylation is 1. The van der Waals surface area contributed by atoms with Crippen LogP contribution in [0.25, 0.3) is 10.9 Å². The average Bonchev–Trinajstić information content (AvgIpc) is 2.99. The lowest BCUT2D eigenvalue weighted by Crippen LogP contribution is -2.42. The molecule has 0 saturated heterocycles. The molecule has 10 heteroatoms. The molecule has 2 N–H and O–H groups in total. The maximum atomic E-state index is 13.7. The van der Waals surface area contributed by atoms with Gasteiger partial charge >= 0.3 is 11.7 Å². The van der Waals surface area contributed by atoms with E-state index < -0.39 is 17.8 Å². The minimum atomic E-state index is -0.767. The molecular weight excluding hydrogens is 548 g/mol. The standard InChI is InChI=1S/C33H38N4O6/c1-21(2)20-42-33(40)34-18-25-13-16-27-29(22(25)3)31(39)43-32(35-27)36-28(17-23-11-14-26(41-5)15-12-23)30(38)37(4)19-24-9-7-6-8-10-24/h6-16,21,28H,17-20H2,1-5H3,(H,34,40)(H,35,36)/t28-/m0/s1. The lowest BCUT2D eigenvalue weighted by molar-refractivity contribution is -0.131. The Balaban J connectivity index is 1.57. The molecule has 10 nitrogen and oxygen atoms in total. The molecule has 1 heterocycles. The summed E-state index contributed by atoms with van der Waals surface area (Å²) < 4.78 is 16.0. The number of aromatic nitrogens is 1. The molecule has 226 valence electrons. The van der Waals surface area contributed by atoms with Crippen LogP contribution in [0.2, 0.25) is 0 Å². The second-order valence-electron chi connectivity index (χ2n) is 10.8. The molecule has 0 bridgehead atoms. The smallest absolute Gasteiger partial charge is 0.407 e. The first kappa shape index (κ1) is 31.1. The molecule has 43 heavy (non-hydrogen) atoms. The molecule has 4 aromatic rings. The van der Waals surface area contributed by atoms with Gasteiger partial charge < -0.3 is 29.4 Å². The third kappa shape index (κ3) is 8.34. The largest absolute Gasteiger partial charge is 0.497 e. The Hall–Kier alpha value is -4.86. The zero-order chi connectivity index (χ0) is 30.9. The number of hydrogen-bond acceptors (Lipinski definition) is 8. The molecule has 4 rings (SSSR count). The highest BCUT2D eigenvalue weighted by Gasteiger charge is 2.25. The Morgan fingerprint density at radius 2 is 1.72 bits per heavy atom. The van der Waals surface area contributed by atoms with E-state index in [1.54, 1.807) is 38.1 Å². The van der Waals surface area contributed by atoms with E-state index >= 15 is 0 Å². The van der Waals surface area contributed by atoms with Crippen LogP contribution in [0.1, 0.15) is 36.1 Å². The SMILES string of the molecule is COc1ccc(C[C@H](Nc2nc3ccc(CNC(=O)OCC(C)C)c(C)c3c(=O)o2)C(=O)N(C)Cc2ccccc2)cc1. The molecule has 1 aromatic heterocycles. The molecule has 0 fully saturated rings. The summed E-state index contributed by atoms with van der Waals surface area (Å²) in [4.78, 5) is 45.0. The highest BCUT2D eigenvalue weighted by atomic mass is 16.5. The molecule has 0 aliphatic carbocycles. The lowest BCUT2D eigenvalue weighted by atomic mass is 10.0. The van der Waals surface area contributed by atoms with Crippen molar-refractivity contribution < 1.29 is 23.5 Å². The van der Waals surface area contributed by atoms with E-state index in [9.17, 15) is 14.4 Å². The normalized spacial score (nSPS) is 11.7. The number of carbonyl (C=O) groups excluding carboxylic acids is 2. The minimum Gasteiger partial charge on any atom is -0.497 e. The summed E-state index contributed by atoms with van der Waals surface area (Å²) in [7, 11) is 3.33. The number of nitrogens with zero attached hydrogens (tertiary/aromatic N) is 2. The maximum absolute atomic E-state index is 13.7. The second-order valence-corrected chi connectivity index (χ2v) is 10.8. The van der Waals surface area contributed by atoms with Gasteiger partial charge in [-0.3, -0.25) is 4.79 Å². The summed E-state index contributed by atoms with van der Waals surface area (Å²) >= 11 is 0. The van der Waals surface area contributed by atoms with Crippen LogP contribution in [0.15, 0.2) is 75.9 Å². The molecule has 0 saturated carbocycles. The number of anilines is 1. The first-order valence-electron chi connectivity index (χ1n) is 14.2. The fourth-order valence-corrected chi connectivity index (χ4v) is 4.62. The highest BCUT2D eigenvalue weighted by Crippen LogP contribution is 2.21. The second kappa shape index (κ2) is 14.4. The molecule has 0 aliphatic rings. The Bertz CT molecular complexity index is 1600. The van der Waals surface area contributed by atoms with Crippen molar-refractivity contribution in [3.8, 4) is 5.75 Å². The van der Waals surface area contributed by atoms with E-state index in [1.807, 2.05) is 68.4 Å². The third-order valence-corrected chi connectivity index (χ3v) is 6.98. The maximum Gasteiger partial charge on any atom is 0.407 e. The van der Waals surface area contributed by atoms with E-state index in [0.717, 1.165) is 16.7 Å². The van der Waals surface area contributed by atoms with Crippen molar-refractivity contribution in [1.82, 2.24) is 15.2 Å². The van der Waals surface area contributed by atoms with Gasteiger partial charge in [0, 0.05) is 26.6 Å². The van der Waals surface area contributed by atoms with Gasteiger partial charge in [-0.1, -0.05) is 62.4 Å². The molecule has 0 unspecified atom stereocenters. The van der Waals surface area contributed by atoms with Gasteiger partial charge in [0.25, 0.3) is 6.01 Å². The molecule has 0 radical (unpaired) electrons. The third-order valence-electron chi connectivity index (χ3n) is 6.98. The van der Waals surface area contributed by atoms with Gasteiger partial charge in [-0.25, -0.2) is 9.59 Å². The fourth-order valence-electron chi connectivity index (χ4n) is 4.62. The molecule has 0 spiro atoms. The van der Waals surface area contributed by atoms with Crippen molar-refractivity contribution >= 4 is 28.9 Å². The van der Waals surface area contributed by atoms with E-state index in [-0.39, 0.29) is 24.4 Å². The molecule has 3 aromatic carbocycles. The van der Waals surface area contributed by atoms with Crippen LogP contribution in [0.5, 0.6) is 5.75 Å². The van der Waals surface area contributed by atoms with E-state index in [1.165, 1.54) is 0 Å². The van der Waals surface area contributed by atoms with Gasteiger partial charge in [-0.15, -0.1) is 0 Å². The number of likely N-dealkylation sites (N-methyl/N-ethyl adjacent to an activating group) is 1. The van der Waals surface area contributed by atoms with E-state index in [0.29, 0.717) is 41.8 Å². The van der Waals surface area contributed by atoms with Crippen molar-refractivity contribution in [3.05, 3.63) is 99.4 Å². The minimum absolute atomic E-state index is 0.0555. The predicted molar refractivity (Wildman–Crippen MR) is 165 cm³/mol. The monoisotopic (exact) mass is 586 g/mol. The van der Waals surface area contributed by atoms with Crippen molar-refractivity contribution in [3.63, 3.8) is 0 Å². The average molecular weight is 587 g/mol. The number of hydrogen-bond donors (Lipinski definition) is 2. The van der Waals surface area contributed by atoms with Gasteiger partial charge in [0.05, 0.1) is 24.6 Å². The van der Waals surface area contributed by atoms with Crippen molar-refractivity contribution in [2.45, 2.75) is 46.3 Å². The van der Waals surface area contributed by atoms with Crippen LogP contribution < -0.4 is 21.0 Å².